The fourth-order valence-electron chi connectivity index (χ4n) is 7.41. The van der Waals surface area contributed by atoms with Crippen LogP contribution in [-0.4, -0.2) is 9.13 Å². The highest BCUT2D eigenvalue weighted by Gasteiger charge is 2.28. The lowest BCUT2D eigenvalue weighted by Crippen LogP contribution is -2.38. The van der Waals surface area contributed by atoms with Gasteiger partial charge in [-0.2, -0.15) is 0 Å². The van der Waals surface area contributed by atoms with Gasteiger partial charge in [-0.05, 0) is 83.4 Å². The number of rotatable bonds is 3. The molecule has 1 atom stereocenters. The molecule has 9 rings (SSSR count). The van der Waals surface area contributed by atoms with Crippen LogP contribution in [0.2, 0.25) is 0 Å². The van der Waals surface area contributed by atoms with Crippen LogP contribution >= 0.6 is 0 Å². The molecule has 204 valence electrons. The SMILES string of the molecule is CC1(n2c3ccccc3c3cc(-c4ccc5c(c4)c4ccccc4n5-c4ccccc4)ccc32)C=c2ccccc2=CC1. The second kappa shape index (κ2) is 9.08. The number of nitrogens with zero attached hydrogens (tertiary/aromatic N) is 2. The van der Waals surface area contributed by atoms with Crippen molar-refractivity contribution < 1.29 is 0 Å². The molecule has 0 spiro atoms. The number of para-hydroxylation sites is 3. The van der Waals surface area contributed by atoms with Gasteiger partial charge in [0, 0.05) is 38.3 Å². The summed E-state index contributed by atoms with van der Waals surface area (Å²) < 4.78 is 4.94. The van der Waals surface area contributed by atoms with Crippen molar-refractivity contribution in [1.82, 2.24) is 9.13 Å². The van der Waals surface area contributed by atoms with Gasteiger partial charge in [0.2, 0.25) is 0 Å². The summed E-state index contributed by atoms with van der Waals surface area (Å²) in [7, 11) is 0. The Morgan fingerprint density at radius 1 is 0.488 bits per heavy atom. The first-order chi connectivity index (χ1) is 21.2. The molecule has 0 N–H and O–H groups in total. The van der Waals surface area contributed by atoms with Crippen molar-refractivity contribution in [1.29, 1.82) is 0 Å². The fourth-order valence-corrected chi connectivity index (χ4v) is 7.41. The van der Waals surface area contributed by atoms with E-state index in [9.17, 15) is 0 Å². The van der Waals surface area contributed by atoms with Gasteiger partial charge in [0.1, 0.15) is 0 Å². The minimum absolute atomic E-state index is 0.157. The first kappa shape index (κ1) is 24.3. The Labute approximate surface area is 250 Å². The summed E-state index contributed by atoms with van der Waals surface area (Å²) in [6.45, 7) is 2.37. The van der Waals surface area contributed by atoms with Crippen molar-refractivity contribution in [2.45, 2.75) is 18.9 Å². The first-order valence-corrected chi connectivity index (χ1v) is 15.1. The molecule has 0 aliphatic heterocycles. The lowest BCUT2D eigenvalue weighted by Gasteiger charge is -2.31. The average Bonchev–Trinajstić information content (AvgIpc) is 3.58. The fraction of sp³-hybridized carbons (Fsp3) is 0.0732. The van der Waals surface area contributed by atoms with E-state index in [-0.39, 0.29) is 5.54 Å². The summed E-state index contributed by atoms with van der Waals surface area (Å²) in [4.78, 5) is 0. The van der Waals surface area contributed by atoms with Crippen LogP contribution in [0.3, 0.4) is 0 Å². The maximum atomic E-state index is 2.56. The van der Waals surface area contributed by atoms with Crippen LogP contribution in [0, 0.1) is 0 Å². The molecule has 8 aromatic rings. The van der Waals surface area contributed by atoms with Gasteiger partial charge in [-0.3, -0.25) is 0 Å². The van der Waals surface area contributed by atoms with E-state index in [1.54, 1.807) is 0 Å². The molecule has 6 aromatic carbocycles. The van der Waals surface area contributed by atoms with Crippen molar-refractivity contribution in [2.75, 3.05) is 0 Å². The van der Waals surface area contributed by atoms with Crippen molar-refractivity contribution in [3.63, 3.8) is 0 Å². The molecule has 1 aliphatic carbocycles. The summed E-state index contributed by atoms with van der Waals surface area (Å²) in [5.74, 6) is 0. The molecule has 2 heteroatoms. The Kier molecular flexibility index (Phi) is 5.13. The van der Waals surface area contributed by atoms with E-state index in [0.717, 1.165) is 6.42 Å². The number of hydrogen-bond acceptors (Lipinski definition) is 0. The maximum absolute atomic E-state index is 2.56. The molecule has 0 amide bonds. The molecule has 0 radical (unpaired) electrons. The topological polar surface area (TPSA) is 9.86 Å². The molecule has 1 aliphatic rings. The smallest absolute Gasteiger partial charge is 0.0649 e. The molecule has 2 aromatic heterocycles. The normalized spacial score (nSPS) is 16.4. The van der Waals surface area contributed by atoms with Crippen molar-refractivity contribution in [2.24, 2.45) is 0 Å². The Balaban J connectivity index is 1.25. The zero-order valence-corrected chi connectivity index (χ0v) is 24.0. The van der Waals surface area contributed by atoms with Crippen molar-refractivity contribution >= 4 is 55.8 Å². The third-order valence-corrected chi connectivity index (χ3v) is 9.40. The molecule has 2 heterocycles. The highest BCUT2D eigenvalue weighted by Crippen LogP contribution is 2.40. The van der Waals surface area contributed by atoms with E-state index in [2.05, 4.69) is 168 Å². The molecule has 0 bridgehead atoms. The lowest BCUT2D eigenvalue weighted by atomic mass is 9.90. The predicted molar refractivity (Wildman–Crippen MR) is 182 cm³/mol. The number of hydrogen-bond donors (Lipinski definition) is 0. The molecule has 0 fully saturated rings. The van der Waals surface area contributed by atoms with E-state index in [4.69, 9.17) is 0 Å². The second-order valence-corrected chi connectivity index (χ2v) is 12.0. The van der Waals surface area contributed by atoms with Crippen LogP contribution in [0.4, 0.5) is 0 Å². The molecular formula is C41H30N2. The van der Waals surface area contributed by atoms with Gasteiger partial charge in [-0.25, -0.2) is 0 Å². The Morgan fingerprint density at radius 2 is 1.02 bits per heavy atom. The highest BCUT2D eigenvalue weighted by atomic mass is 15.1. The summed E-state index contributed by atoms with van der Waals surface area (Å²) in [6, 6.07) is 51.0. The van der Waals surface area contributed by atoms with Crippen molar-refractivity contribution in [3.8, 4) is 16.8 Å². The second-order valence-electron chi connectivity index (χ2n) is 12.0. The Bertz CT molecular complexity index is 2490. The molecule has 1 unspecified atom stereocenters. The van der Waals surface area contributed by atoms with E-state index < -0.39 is 0 Å². The standard InChI is InChI=1S/C41H30N2/c1-41(24-23-28-11-5-6-12-31(28)27-41)43-39-18-10-8-16-34(39)36-26-30(20-22-40(36)43)29-19-21-38-35(25-29)33-15-7-9-17-37(33)42(38)32-13-3-2-4-14-32/h2-23,25-27H,24H2,1H3. The maximum Gasteiger partial charge on any atom is 0.0649 e. The summed E-state index contributed by atoms with van der Waals surface area (Å²) in [5, 5.41) is 7.79. The van der Waals surface area contributed by atoms with Gasteiger partial charge >= 0.3 is 0 Å². The minimum atomic E-state index is -0.157. The van der Waals surface area contributed by atoms with Gasteiger partial charge in [0.25, 0.3) is 0 Å². The lowest BCUT2D eigenvalue weighted by molar-refractivity contribution is 0.479. The highest BCUT2D eigenvalue weighted by molar-refractivity contribution is 6.12. The number of benzene rings is 6. The van der Waals surface area contributed by atoms with Crippen molar-refractivity contribution in [3.05, 3.63) is 150 Å². The van der Waals surface area contributed by atoms with Crippen LogP contribution in [0.5, 0.6) is 0 Å². The van der Waals surface area contributed by atoms with E-state index in [1.165, 1.54) is 70.9 Å². The Hall–Kier alpha value is -5.34. The summed E-state index contributed by atoms with van der Waals surface area (Å²) in [6.07, 6.45) is 5.81. The third-order valence-electron chi connectivity index (χ3n) is 9.40. The number of aromatic nitrogens is 2. The minimum Gasteiger partial charge on any atom is -0.331 e. The third kappa shape index (κ3) is 3.60. The largest absolute Gasteiger partial charge is 0.331 e. The van der Waals surface area contributed by atoms with Crippen LogP contribution in [0.1, 0.15) is 13.3 Å². The van der Waals surface area contributed by atoms with Gasteiger partial charge in [-0.1, -0.05) is 103 Å². The predicted octanol–water partition coefficient (Wildman–Crippen LogP) is 8.94. The summed E-state index contributed by atoms with van der Waals surface area (Å²) >= 11 is 0. The monoisotopic (exact) mass is 550 g/mol. The zero-order chi connectivity index (χ0) is 28.5. The Morgan fingerprint density at radius 3 is 1.79 bits per heavy atom. The van der Waals surface area contributed by atoms with Gasteiger partial charge in [0.05, 0.1) is 16.6 Å². The zero-order valence-electron chi connectivity index (χ0n) is 24.0. The van der Waals surface area contributed by atoms with Crippen LogP contribution in [0.15, 0.2) is 140 Å². The van der Waals surface area contributed by atoms with E-state index in [1.807, 2.05) is 0 Å². The van der Waals surface area contributed by atoms with Gasteiger partial charge < -0.3 is 9.13 Å². The van der Waals surface area contributed by atoms with Gasteiger partial charge in [0.15, 0.2) is 0 Å². The number of fused-ring (bicyclic) bond motifs is 7. The van der Waals surface area contributed by atoms with Crippen LogP contribution < -0.4 is 10.4 Å². The molecule has 43 heavy (non-hydrogen) atoms. The van der Waals surface area contributed by atoms with Crippen LogP contribution in [-0.2, 0) is 5.54 Å². The first-order valence-electron chi connectivity index (χ1n) is 15.1. The van der Waals surface area contributed by atoms with Crippen LogP contribution in [0.25, 0.3) is 72.6 Å². The van der Waals surface area contributed by atoms with E-state index in [0.29, 0.717) is 0 Å². The van der Waals surface area contributed by atoms with Gasteiger partial charge in [-0.15, -0.1) is 0 Å². The molecule has 0 saturated heterocycles. The molecular weight excluding hydrogens is 520 g/mol. The molecule has 0 saturated carbocycles. The molecule has 2 nitrogen and oxygen atoms in total. The quantitative estimate of drug-likeness (QED) is 0.208. The summed E-state index contributed by atoms with van der Waals surface area (Å²) in [5.41, 5.74) is 8.52. The van der Waals surface area contributed by atoms with E-state index >= 15 is 0 Å². The average molecular weight is 551 g/mol.